The summed E-state index contributed by atoms with van der Waals surface area (Å²) in [4.78, 5) is 12.7. The third kappa shape index (κ3) is 3.68. The van der Waals surface area contributed by atoms with Crippen molar-refractivity contribution in [3.05, 3.63) is 52.8 Å². The van der Waals surface area contributed by atoms with Gasteiger partial charge in [-0.1, -0.05) is 23.5 Å². The highest BCUT2D eigenvalue weighted by Crippen LogP contribution is 2.27. The first kappa shape index (κ1) is 17.5. The normalized spacial score (nSPS) is 11.2. The monoisotopic (exact) mass is 368 g/mol. The van der Waals surface area contributed by atoms with Gasteiger partial charge in [0.1, 0.15) is 0 Å². The number of nitrogens with one attached hydrogen (secondary N) is 1. The highest BCUT2D eigenvalue weighted by molar-refractivity contribution is 7.16. The molecule has 8 heteroatoms. The molecule has 0 aliphatic rings. The second-order valence-electron chi connectivity index (χ2n) is 5.32. The lowest BCUT2D eigenvalue weighted by molar-refractivity contribution is -0.123. The van der Waals surface area contributed by atoms with Gasteiger partial charge in [-0.15, -0.1) is 5.10 Å². The van der Waals surface area contributed by atoms with Gasteiger partial charge in [-0.25, -0.2) is 5.43 Å². The van der Waals surface area contributed by atoms with Crippen LogP contribution in [0.5, 0.6) is 11.5 Å². The number of nitriles is 1. The molecule has 0 radical (unpaired) electrons. The number of methoxy groups -OCH3 is 1. The summed E-state index contributed by atoms with van der Waals surface area (Å²) in [5, 5.41) is 13.0. The fourth-order valence-corrected chi connectivity index (χ4v) is 3.31. The maximum atomic E-state index is 12.0. The van der Waals surface area contributed by atoms with Gasteiger partial charge < -0.3 is 14.0 Å². The predicted molar refractivity (Wildman–Crippen MR) is 97.7 cm³/mol. The summed E-state index contributed by atoms with van der Waals surface area (Å²) in [6.45, 7) is -0.222. The van der Waals surface area contributed by atoms with Gasteiger partial charge in [0.25, 0.3) is 5.91 Å². The number of aryl methyl sites for hydroxylation is 1. The van der Waals surface area contributed by atoms with Gasteiger partial charge in [-0.2, -0.15) is 5.26 Å². The van der Waals surface area contributed by atoms with E-state index in [2.05, 4.69) is 10.5 Å². The number of carbonyl (C=O) groups excluding carboxylic acids is 1. The number of benzene rings is 2. The second-order valence-corrected chi connectivity index (χ2v) is 6.33. The van der Waals surface area contributed by atoms with E-state index in [1.54, 1.807) is 18.2 Å². The maximum absolute atomic E-state index is 12.0. The van der Waals surface area contributed by atoms with Crippen LogP contribution in [0.4, 0.5) is 0 Å². The highest BCUT2D eigenvalue weighted by atomic mass is 32.1. The lowest BCUT2D eigenvalue weighted by Gasteiger charge is -2.09. The standard InChI is InChI=1S/C18H16N4O3S/c1-22-13-5-3-4-6-16(13)26-18(22)21-20-17(23)11-25-14-8-7-12(10-19)9-15(14)24-2/h3-9H,11H2,1-2H3,(H,20,23)/b21-18+. The van der Waals surface area contributed by atoms with Crippen LogP contribution in [0.1, 0.15) is 5.56 Å². The zero-order valence-electron chi connectivity index (χ0n) is 14.2. The average Bonchev–Trinajstić information content (AvgIpc) is 3.00. The molecule has 1 N–H and O–H groups in total. The van der Waals surface area contributed by atoms with Crippen molar-refractivity contribution in [2.45, 2.75) is 0 Å². The van der Waals surface area contributed by atoms with Gasteiger partial charge in [-0.05, 0) is 24.3 Å². The van der Waals surface area contributed by atoms with Crippen LogP contribution in [0.15, 0.2) is 47.6 Å². The number of hydrogen-bond acceptors (Lipinski definition) is 6. The molecule has 0 spiro atoms. The third-order valence-electron chi connectivity index (χ3n) is 3.64. The summed E-state index contributed by atoms with van der Waals surface area (Å²) < 4.78 is 13.6. The summed E-state index contributed by atoms with van der Waals surface area (Å²) in [7, 11) is 3.36. The quantitative estimate of drug-likeness (QED) is 0.699. The van der Waals surface area contributed by atoms with Crippen LogP contribution in [0.2, 0.25) is 0 Å². The molecule has 0 saturated carbocycles. The van der Waals surface area contributed by atoms with Crippen LogP contribution in [0, 0.1) is 11.3 Å². The molecule has 3 rings (SSSR count). The molecule has 0 bridgehead atoms. The van der Waals surface area contributed by atoms with E-state index in [1.807, 2.05) is 41.9 Å². The molecule has 3 aromatic rings. The molecule has 1 amide bonds. The van der Waals surface area contributed by atoms with E-state index in [0.29, 0.717) is 21.9 Å². The van der Waals surface area contributed by atoms with Crippen molar-refractivity contribution < 1.29 is 14.3 Å². The molecule has 1 aromatic heterocycles. The molecule has 0 aliphatic carbocycles. The number of para-hydroxylation sites is 1. The molecule has 0 fully saturated rings. The number of nitrogens with zero attached hydrogens (tertiary/aromatic N) is 3. The number of fused-ring (bicyclic) bond motifs is 1. The first-order chi connectivity index (χ1) is 12.6. The number of carbonyl (C=O) groups is 1. The number of rotatable bonds is 5. The van der Waals surface area contributed by atoms with Crippen LogP contribution in [-0.2, 0) is 11.8 Å². The Morgan fingerprint density at radius 2 is 2.12 bits per heavy atom. The summed E-state index contributed by atoms with van der Waals surface area (Å²) in [6.07, 6.45) is 0. The van der Waals surface area contributed by atoms with Crippen molar-refractivity contribution >= 4 is 27.5 Å². The first-order valence-electron chi connectivity index (χ1n) is 7.70. The summed E-state index contributed by atoms with van der Waals surface area (Å²) in [5.74, 6) is 0.382. The first-order valence-corrected chi connectivity index (χ1v) is 8.52. The molecule has 0 atom stereocenters. The zero-order chi connectivity index (χ0) is 18.5. The summed E-state index contributed by atoms with van der Waals surface area (Å²) >= 11 is 1.48. The van der Waals surface area contributed by atoms with Crippen LogP contribution in [-0.4, -0.2) is 24.2 Å². The molecule has 132 valence electrons. The minimum atomic E-state index is -0.395. The fourth-order valence-electron chi connectivity index (χ4n) is 2.33. The Morgan fingerprint density at radius 1 is 1.31 bits per heavy atom. The number of aromatic nitrogens is 1. The number of ether oxygens (including phenoxy) is 2. The number of amides is 1. The average molecular weight is 368 g/mol. The maximum Gasteiger partial charge on any atom is 0.278 e. The lowest BCUT2D eigenvalue weighted by atomic mass is 10.2. The molecule has 0 unspecified atom stereocenters. The van der Waals surface area contributed by atoms with Crippen molar-refractivity contribution in [2.75, 3.05) is 13.7 Å². The minimum absolute atomic E-state index is 0.222. The SMILES string of the molecule is COc1cc(C#N)ccc1OCC(=O)N/N=c1/sc2ccccc2n1C. The molecule has 2 aromatic carbocycles. The van der Waals surface area contributed by atoms with Crippen molar-refractivity contribution in [3.63, 3.8) is 0 Å². The number of hydrogen-bond donors (Lipinski definition) is 1. The van der Waals surface area contributed by atoms with E-state index in [0.717, 1.165) is 10.2 Å². The largest absolute Gasteiger partial charge is 0.493 e. The van der Waals surface area contributed by atoms with Gasteiger partial charge >= 0.3 is 0 Å². The number of thiazole rings is 1. The van der Waals surface area contributed by atoms with Gasteiger partial charge in [0.05, 0.1) is 29.0 Å². The second kappa shape index (κ2) is 7.72. The topological polar surface area (TPSA) is 88.6 Å². The Hall–Kier alpha value is -3.31. The van der Waals surface area contributed by atoms with Gasteiger partial charge in [-0.3, -0.25) is 4.79 Å². The van der Waals surface area contributed by atoms with Crippen molar-refractivity contribution in [3.8, 4) is 17.6 Å². The van der Waals surface area contributed by atoms with Crippen LogP contribution in [0.25, 0.3) is 10.2 Å². The fraction of sp³-hybridized carbons (Fsp3) is 0.167. The van der Waals surface area contributed by atoms with Gasteiger partial charge in [0.2, 0.25) is 4.80 Å². The van der Waals surface area contributed by atoms with E-state index in [1.165, 1.54) is 18.4 Å². The van der Waals surface area contributed by atoms with E-state index in [4.69, 9.17) is 14.7 Å². The summed E-state index contributed by atoms with van der Waals surface area (Å²) in [6, 6.07) is 14.7. The highest BCUT2D eigenvalue weighted by Gasteiger charge is 2.09. The lowest BCUT2D eigenvalue weighted by Crippen LogP contribution is -2.27. The smallest absolute Gasteiger partial charge is 0.278 e. The van der Waals surface area contributed by atoms with E-state index >= 15 is 0 Å². The molecular formula is C18H16N4O3S. The van der Waals surface area contributed by atoms with Crippen LogP contribution >= 0.6 is 11.3 Å². The Bertz CT molecular complexity index is 1060. The Labute approximate surface area is 153 Å². The van der Waals surface area contributed by atoms with Gasteiger partial charge in [0, 0.05) is 13.1 Å². The van der Waals surface area contributed by atoms with Crippen molar-refractivity contribution in [1.29, 1.82) is 5.26 Å². The molecule has 0 saturated heterocycles. The Balaban J connectivity index is 1.68. The minimum Gasteiger partial charge on any atom is -0.493 e. The van der Waals surface area contributed by atoms with E-state index in [9.17, 15) is 4.79 Å². The third-order valence-corrected chi connectivity index (χ3v) is 4.76. The van der Waals surface area contributed by atoms with Crippen molar-refractivity contribution in [2.24, 2.45) is 12.1 Å². The van der Waals surface area contributed by atoms with Crippen molar-refractivity contribution in [1.82, 2.24) is 9.99 Å². The van der Waals surface area contributed by atoms with Crippen LogP contribution in [0.3, 0.4) is 0 Å². The van der Waals surface area contributed by atoms with E-state index < -0.39 is 5.91 Å². The molecule has 26 heavy (non-hydrogen) atoms. The summed E-state index contributed by atoms with van der Waals surface area (Å²) in [5.41, 5.74) is 3.98. The molecule has 7 nitrogen and oxygen atoms in total. The molecule has 1 heterocycles. The van der Waals surface area contributed by atoms with Crippen LogP contribution < -0.4 is 19.7 Å². The Morgan fingerprint density at radius 3 is 2.85 bits per heavy atom. The molecular weight excluding hydrogens is 352 g/mol. The molecule has 0 aliphatic heterocycles. The van der Waals surface area contributed by atoms with Gasteiger partial charge in [0.15, 0.2) is 18.1 Å². The Kier molecular flexibility index (Phi) is 5.20. The van der Waals surface area contributed by atoms with E-state index in [-0.39, 0.29) is 6.61 Å². The zero-order valence-corrected chi connectivity index (χ0v) is 15.0. The predicted octanol–water partition coefficient (Wildman–Crippen LogP) is 2.13.